The third-order valence-electron chi connectivity index (χ3n) is 4.49. The Labute approximate surface area is 170 Å². The summed E-state index contributed by atoms with van der Waals surface area (Å²) >= 11 is 0. The maximum absolute atomic E-state index is 12.3. The van der Waals surface area contributed by atoms with Gasteiger partial charge in [-0.15, -0.1) is 0 Å². The van der Waals surface area contributed by atoms with E-state index < -0.39 is 23.7 Å². The highest BCUT2D eigenvalue weighted by Crippen LogP contribution is 2.26. The quantitative estimate of drug-likeness (QED) is 0.420. The summed E-state index contributed by atoms with van der Waals surface area (Å²) in [5, 5.41) is 2.33. The van der Waals surface area contributed by atoms with Crippen LogP contribution in [0.5, 0.6) is 5.75 Å². The van der Waals surface area contributed by atoms with E-state index in [1.807, 2.05) is 0 Å². The monoisotopic (exact) mass is 404 g/mol. The first-order valence-corrected chi connectivity index (χ1v) is 9.52. The van der Waals surface area contributed by atoms with Crippen LogP contribution in [0.25, 0.3) is 0 Å². The molecule has 1 aromatic carbocycles. The summed E-state index contributed by atoms with van der Waals surface area (Å²) in [4.78, 5) is 49.1. The molecule has 8 nitrogen and oxygen atoms in total. The van der Waals surface area contributed by atoms with Gasteiger partial charge in [0.05, 0.1) is 6.04 Å². The summed E-state index contributed by atoms with van der Waals surface area (Å²) in [7, 11) is 1.74. The number of imide groups is 1. The number of rotatable bonds is 7. The molecule has 1 saturated heterocycles. The fourth-order valence-electron chi connectivity index (χ4n) is 3.06. The average Bonchev–Trinajstić information content (AvgIpc) is 2.61. The molecule has 0 aliphatic carbocycles. The van der Waals surface area contributed by atoms with Gasteiger partial charge in [-0.2, -0.15) is 0 Å². The van der Waals surface area contributed by atoms with Crippen LogP contribution < -0.4 is 10.1 Å². The van der Waals surface area contributed by atoms with Gasteiger partial charge in [0.15, 0.2) is 12.4 Å². The van der Waals surface area contributed by atoms with Gasteiger partial charge in [-0.1, -0.05) is 12.1 Å². The van der Waals surface area contributed by atoms with Crippen molar-refractivity contribution in [3.05, 3.63) is 29.3 Å². The van der Waals surface area contributed by atoms with Crippen molar-refractivity contribution >= 4 is 24.1 Å². The highest BCUT2D eigenvalue weighted by molar-refractivity contribution is 6.00. The molecule has 158 valence electrons. The van der Waals surface area contributed by atoms with Crippen LogP contribution in [0.2, 0.25) is 0 Å². The van der Waals surface area contributed by atoms with Crippen molar-refractivity contribution in [1.29, 1.82) is 0 Å². The van der Waals surface area contributed by atoms with Gasteiger partial charge in [0, 0.05) is 24.1 Å². The van der Waals surface area contributed by atoms with Gasteiger partial charge in [-0.3, -0.25) is 24.6 Å². The lowest BCUT2D eigenvalue weighted by atomic mass is 10.0. The molecule has 2 atom stereocenters. The Bertz CT molecular complexity index is 799. The van der Waals surface area contributed by atoms with Crippen LogP contribution in [0.4, 0.5) is 0 Å². The molecule has 1 aliphatic rings. The number of likely N-dealkylation sites (N-methyl/N-ethyl adjacent to an activating group) is 1. The second-order valence-electron chi connectivity index (χ2n) is 8.12. The third-order valence-corrected chi connectivity index (χ3v) is 4.49. The zero-order valence-electron chi connectivity index (χ0n) is 17.5. The van der Waals surface area contributed by atoms with Gasteiger partial charge in [-0.05, 0) is 47.2 Å². The first-order valence-electron chi connectivity index (χ1n) is 9.52. The molecule has 1 heterocycles. The van der Waals surface area contributed by atoms with Gasteiger partial charge in [0.2, 0.25) is 11.8 Å². The number of carbonyl (C=O) groups is 4. The Balaban J connectivity index is 2.21. The molecule has 2 rings (SSSR count). The summed E-state index contributed by atoms with van der Waals surface area (Å²) in [5.41, 5.74) is 0.317. The SMILES string of the molecule is CC(Oc1cccc(C=O)c1CN(C)C1CCC(=O)NC1=O)C(=O)OC(C)(C)C. The second kappa shape index (κ2) is 9.17. The van der Waals surface area contributed by atoms with Crippen molar-refractivity contribution in [2.24, 2.45) is 0 Å². The summed E-state index contributed by atoms with van der Waals surface area (Å²) < 4.78 is 11.2. The Morgan fingerprint density at radius 2 is 2.03 bits per heavy atom. The van der Waals surface area contributed by atoms with E-state index in [9.17, 15) is 19.2 Å². The lowest BCUT2D eigenvalue weighted by Crippen LogP contribution is -2.51. The molecule has 1 N–H and O–H groups in total. The lowest BCUT2D eigenvalue weighted by molar-refractivity contribution is -0.162. The van der Waals surface area contributed by atoms with E-state index >= 15 is 0 Å². The van der Waals surface area contributed by atoms with Crippen LogP contribution in [0, 0.1) is 0 Å². The molecule has 1 aromatic rings. The van der Waals surface area contributed by atoms with Crippen LogP contribution in [0.1, 0.15) is 56.5 Å². The van der Waals surface area contributed by atoms with Crippen molar-refractivity contribution in [3.63, 3.8) is 0 Å². The molecular formula is C21H28N2O6. The number of hydrogen-bond acceptors (Lipinski definition) is 7. The van der Waals surface area contributed by atoms with Crippen molar-refractivity contribution < 1.29 is 28.7 Å². The molecule has 2 amide bonds. The van der Waals surface area contributed by atoms with Crippen LogP contribution in [-0.2, 0) is 25.7 Å². The van der Waals surface area contributed by atoms with Crippen LogP contribution in [0.15, 0.2) is 18.2 Å². The number of aldehydes is 1. The van der Waals surface area contributed by atoms with Gasteiger partial charge < -0.3 is 9.47 Å². The van der Waals surface area contributed by atoms with Gasteiger partial charge >= 0.3 is 5.97 Å². The zero-order valence-corrected chi connectivity index (χ0v) is 17.5. The predicted octanol–water partition coefficient (Wildman–Crippen LogP) is 1.85. The molecule has 29 heavy (non-hydrogen) atoms. The van der Waals surface area contributed by atoms with E-state index in [0.717, 1.165) is 0 Å². The predicted molar refractivity (Wildman–Crippen MR) is 105 cm³/mol. The fraction of sp³-hybridized carbons (Fsp3) is 0.524. The van der Waals surface area contributed by atoms with E-state index in [2.05, 4.69) is 5.32 Å². The molecule has 1 fully saturated rings. The Hall–Kier alpha value is -2.74. The third kappa shape index (κ3) is 6.12. The molecular weight excluding hydrogens is 376 g/mol. The van der Waals surface area contributed by atoms with Crippen LogP contribution in [-0.4, -0.2) is 53.8 Å². The Morgan fingerprint density at radius 3 is 2.62 bits per heavy atom. The number of piperidine rings is 1. The van der Waals surface area contributed by atoms with E-state index in [4.69, 9.17) is 9.47 Å². The first-order chi connectivity index (χ1) is 13.5. The molecule has 2 unspecified atom stereocenters. The Kier molecular flexibility index (Phi) is 7.13. The highest BCUT2D eigenvalue weighted by atomic mass is 16.6. The van der Waals surface area contributed by atoms with Crippen molar-refractivity contribution in [2.45, 2.75) is 64.8 Å². The minimum atomic E-state index is -0.879. The number of carbonyl (C=O) groups excluding carboxylic acids is 4. The summed E-state index contributed by atoms with van der Waals surface area (Å²) in [6, 6.07) is 4.48. The number of nitrogens with one attached hydrogen (secondary N) is 1. The number of benzene rings is 1. The van der Waals surface area contributed by atoms with Gasteiger partial charge in [-0.25, -0.2) is 4.79 Å². The minimum absolute atomic E-state index is 0.234. The van der Waals surface area contributed by atoms with Gasteiger partial charge in [0.25, 0.3) is 0 Å². The molecule has 0 aromatic heterocycles. The average molecular weight is 404 g/mol. The van der Waals surface area contributed by atoms with E-state index in [1.54, 1.807) is 57.8 Å². The number of esters is 1. The standard InChI is InChI=1S/C21H28N2O6/c1-13(20(27)29-21(2,3)4)28-17-8-6-7-14(12-24)15(17)11-23(5)16-9-10-18(25)22-19(16)26/h6-8,12-13,16H,9-11H2,1-5H3,(H,22,25,26). The molecule has 0 spiro atoms. The van der Waals surface area contributed by atoms with Crippen molar-refractivity contribution in [2.75, 3.05) is 7.05 Å². The highest BCUT2D eigenvalue weighted by Gasteiger charge is 2.31. The van der Waals surface area contributed by atoms with Crippen molar-refractivity contribution in [3.8, 4) is 5.75 Å². The zero-order chi connectivity index (χ0) is 21.8. The van der Waals surface area contributed by atoms with E-state index in [0.29, 0.717) is 29.6 Å². The number of hydrogen-bond donors (Lipinski definition) is 1. The summed E-state index contributed by atoms with van der Waals surface area (Å²) in [6.45, 7) is 7.12. The molecule has 0 saturated carbocycles. The number of amides is 2. The smallest absolute Gasteiger partial charge is 0.347 e. The maximum atomic E-state index is 12.3. The number of ether oxygens (including phenoxy) is 2. The number of nitrogens with zero attached hydrogens (tertiary/aromatic N) is 1. The van der Waals surface area contributed by atoms with Crippen LogP contribution in [0.3, 0.4) is 0 Å². The fourth-order valence-corrected chi connectivity index (χ4v) is 3.06. The normalized spacial score (nSPS) is 18.2. The Morgan fingerprint density at radius 1 is 1.34 bits per heavy atom. The molecule has 1 aliphatic heterocycles. The maximum Gasteiger partial charge on any atom is 0.347 e. The first kappa shape index (κ1) is 22.5. The molecule has 8 heteroatoms. The molecule has 0 radical (unpaired) electrons. The summed E-state index contributed by atoms with van der Waals surface area (Å²) in [5.74, 6) is -0.800. The van der Waals surface area contributed by atoms with Gasteiger partial charge in [0.1, 0.15) is 11.4 Å². The molecule has 0 bridgehead atoms. The second-order valence-corrected chi connectivity index (χ2v) is 8.12. The van der Waals surface area contributed by atoms with Crippen LogP contribution >= 0.6 is 0 Å². The largest absolute Gasteiger partial charge is 0.479 e. The van der Waals surface area contributed by atoms with E-state index in [1.165, 1.54) is 0 Å². The summed E-state index contributed by atoms with van der Waals surface area (Å²) in [6.07, 6.45) is 0.485. The van der Waals surface area contributed by atoms with Crippen molar-refractivity contribution in [1.82, 2.24) is 10.2 Å². The van der Waals surface area contributed by atoms with E-state index in [-0.39, 0.29) is 24.8 Å². The minimum Gasteiger partial charge on any atom is -0.479 e. The topological polar surface area (TPSA) is 102 Å². The lowest BCUT2D eigenvalue weighted by Gasteiger charge is -2.30.